The van der Waals surface area contributed by atoms with Crippen molar-refractivity contribution in [1.82, 2.24) is 15.0 Å². The third kappa shape index (κ3) is 2.18. The number of rotatable bonds is 3. The van der Waals surface area contributed by atoms with Crippen LogP contribution in [0.1, 0.15) is 11.9 Å². The Morgan fingerprint density at radius 2 is 2.16 bits per heavy atom. The van der Waals surface area contributed by atoms with Gasteiger partial charge in [0.25, 0.3) is 0 Å². The van der Waals surface area contributed by atoms with Gasteiger partial charge in [0, 0.05) is 18.3 Å². The first-order chi connectivity index (χ1) is 9.28. The van der Waals surface area contributed by atoms with Crippen LogP contribution in [0.4, 0.5) is 0 Å². The highest BCUT2D eigenvalue weighted by Gasteiger charge is 2.10. The van der Waals surface area contributed by atoms with E-state index in [1.54, 1.807) is 12.3 Å². The molecular formula is C13H12N4O2. The number of nitrogens with zero attached hydrogens (tertiary/aromatic N) is 3. The van der Waals surface area contributed by atoms with Crippen molar-refractivity contribution in [2.45, 2.75) is 6.10 Å². The van der Waals surface area contributed by atoms with Crippen molar-refractivity contribution in [1.29, 1.82) is 0 Å². The molecule has 0 saturated carbocycles. The van der Waals surface area contributed by atoms with Gasteiger partial charge in [-0.25, -0.2) is 15.0 Å². The molecule has 0 fully saturated rings. The average molecular weight is 256 g/mol. The smallest absolute Gasteiger partial charge is 0.181 e. The number of oxazole rings is 1. The minimum Gasteiger partial charge on any atom is -0.443 e. The topological polar surface area (TPSA) is 98.1 Å². The van der Waals surface area contributed by atoms with E-state index >= 15 is 0 Å². The number of hydrogen-bond donors (Lipinski definition) is 2. The van der Waals surface area contributed by atoms with Crippen molar-refractivity contribution in [2.75, 3.05) is 6.54 Å². The summed E-state index contributed by atoms with van der Waals surface area (Å²) in [5.41, 5.74) is 8.46. The first kappa shape index (κ1) is 11.8. The molecule has 2 aromatic heterocycles. The summed E-state index contributed by atoms with van der Waals surface area (Å²) < 4.78 is 5.26. The van der Waals surface area contributed by atoms with Crippen LogP contribution in [0.3, 0.4) is 0 Å². The van der Waals surface area contributed by atoms with Crippen LogP contribution in [0.2, 0.25) is 0 Å². The highest BCUT2D eigenvalue weighted by atomic mass is 16.3. The van der Waals surface area contributed by atoms with Crippen molar-refractivity contribution >= 4 is 11.1 Å². The molecule has 0 saturated heterocycles. The Kier molecular flexibility index (Phi) is 2.94. The van der Waals surface area contributed by atoms with Crippen LogP contribution >= 0.6 is 0 Å². The summed E-state index contributed by atoms with van der Waals surface area (Å²) in [6.07, 6.45) is 2.15. The normalized spacial score (nSPS) is 12.7. The first-order valence-corrected chi connectivity index (χ1v) is 5.82. The van der Waals surface area contributed by atoms with Crippen LogP contribution in [0.25, 0.3) is 22.4 Å². The molecule has 2 heterocycles. The molecule has 1 aromatic carbocycles. The van der Waals surface area contributed by atoms with Gasteiger partial charge < -0.3 is 15.3 Å². The predicted molar refractivity (Wildman–Crippen MR) is 69.0 cm³/mol. The number of aliphatic hydroxyl groups excluding tert-OH is 1. The Balaban J connectivity index is 2.05. The molecular weight excluding hydrogens is 244 g/mol. The van der Waals surface area contributed by atoms with E-state index in [2.05, 4.69) is 15.0 Å². The van der Waals surface area contributed by atoms with Gasteiger partial charge in [0.2, 0.25) is 0 Å². The largest absolute Gasteiger partial charge is 0.443 e. The Bertz CT molecular complexity index is 710. The van der Waals surface area contributed by atoms with Gasteiger partial charge in [-0.15, -0.1) is 0 Å². The highest BCUT2D eigenvalue weighted by Crippen LogP contribution is 2.22. The second-order valence-corrected chi connectivity index (χ2v) is 4.09. The van der Waals surface area contributed by atoms with Crippen LogP contribution in [0.5, 0.6) is 0 Å². The maximum Gasteiger partial charge on any atom is 0.181 e. The average Bonchev–Trinajstić information content (AvgIpc) is 2.94. The van der Waals surface area contributed by atoms with E-state index < -0.39 is 6.10 Å². The summed E-state index contributed by atoms with van der Waals surface area (Å²) in [5.74, 6) is 0.317. The lowest BCUT2D eigenvalue weighted by molar-refractivity contribution is 0.176. The summed E-state index contributed by atoms with van der Waals surface area (Å²) >= 11 is 0. The zero-order valence-electron chi connectivity index (χ0n) is 10.0. The Morgan fingerprint density at radius 3 is 3.00 bits per heavy atom. The van der Waals surface area contributed by atoms with Crippen LogP contribution in [-0.4, -0.2) is 26.6 Å². The Hall–Kier alpha value is -2.31. The molecule has 0 radical (unpaired) electrons. The lowest BCUT2D eigenvalue weighted by atomic mass is 10.1. The fourth-order valence-electron chi connectivity index (χ4n) is 1.81. The maximum atomic E-state index is 9.66. The predicted octanol–water partition coefficient (Wildman–Crippen LogP) is 1.28. The molecule has 3 N–H and O–H groups in total. The fourth-order valence-corrected chi connectivity index (χ4v) is 1.81. The molecule has 0 amide bonds. The summed E-state index contributed by atoms with van der Waals surface area (Å²) in [4.78, 5) is 12.4. The lowest BCUT2D eigenvalue weighted by Crippen LogP contribution is -2.14. The summed E-state index contributed by atoms with van der Waals surface area (Å²) in [5, 5.41) is 9.66. The monoisotopic (exact) mass is 256 g/mol. The molecule has 19 heavy (non-hydrogen) atoms. The van der Waals surface area contributed by atoms with Crippen LogP contribution in [0, 0.1) is 0 Å². The second kappa shape index (κ2) is 4.75. The third-order valence-corrected chi connectivity index (χ3v) is 2.82. The van der Waals surface area contributed by atoms with Crippen LogP contribution < -0.4 is 5.73 Å². The lowest BCUT2D eigenvalue weighted by Gasteiger charge is -2.07. The van der Waals surface area contributed by atoms with E-state index in [-0.39, 0.29) is 6.54 Å². The van der Waals surface area contributed by atoms with Gasteiger partial charge in [0.15, 0.2) is 17.8 Å². The van der Waals surface area contributed by atoms with Gasteiger partial charge in [-0.2, -0.15) is 0 Å². The minimum absolute atomic E-state index is 0.0879. The van der Waals surface area contributed by atoms with E-state index in [9.17, 15) is 5.11 Å². The molecule has 6 nitrogen and oxygen atoms in total. The molecule has 3 aromatic rings. The molecule has 96 valence electrons. The van der Waals surface area contributed by atoms with Crippen LogP contribution in [0.15, 0.2) is 41.3 Å². The van der Waals surface area contributed by atoms with E-state index in [1.165, 1.54) is 6.39 Å². The minimum atomic E-state index is -0.853. The van der Waals surface area contributed by atoms with Crippen molar-refractivity contribution in [2.24, 2.45) is 5.73 Å². The Morgan fingerprint density at radius 1 is 1.26 bits per heavy atom. The number of nitrogens with two attached hydrogens (primary N) is 1. The summed E-state index contributed by atoms with van der Waals surface area (Å²) in [7, 11) is 0. The molecule has 0 aliphatic rings. The molecule has 0 aliphatic carbocycles. The zero-order valence-corrected chi connectivity index (χ0v) is 10.0. The third-order valence-electron chi connectivity index (χ3n) is 2.82. The second-order valence-electron chi connectivity index (χ2n) is 4.09. The maximum absolute atomic E-state index is 9.66. The van der Waals surface area contributed by atoms with E-state index in [4.69, 9.17) is 10.2 Å². The summed E-state index contributed by atoms with van der Waals surface area (Å²) in [6, 6.07) is 7.37. The molecule has 3 rings (SSSR count). The highest BCUT2D eigenvalue weighted by molar-refractivity contribution is 5.78. The van der Waals surface area contributed by atoms with Gasteiger partial charge in [-0.1, -0.05) is 6.07 Å². The van der Waals surface area contributed by atoms with Crippen molar-refractivity contribution < 1.29 is 9.52 Å². The van der Waals surface area contributed by atoms with Gasteiger partial charge >= 0.3 is 0 Å². The molecule has 1 unspecified atom stereocenters. The van der Waals surface area contributed by atoms with Gasteiger partial charge in [-0.05, 0) is 18.2 Å². The summed E-state index contributed by atoms with van der Waals surface area (Å²) in [6.45, 7) is 0.0879. The number of aromatic nitrogens is 3. The van der Waals surface area contributed by atoms with Crippen molar-refractivity contribution in [3.63, 3.8) is 0 Å². The standard InChI is InChI=1S/C13H12N4O2/c14-6-11(18)13-15-4-3-9(17-13)8-1-2-10-12(5-8)19-7-16-10/h1-5,7,11,18H,6,14H2. The fraction of sp³-hybridized carbons (Fsp3) is 0.154. The SMILES string of the molecule is NCC(O)c1nccc(-c2ccc3ncoc3c2)n1. The first-order valence-electron chi connectivity index (χ1n) is 5.82. The molecule has 0 aliphatic heterocycles. The number of fused-ring (bicyclic) bond motifs is 1. The molecule has 0 bridgehead atoms. The van der Waals surface area contributed by atoms with Crippen LogP contribution in [-0.2, 0) is 0 Å². The number of aliphatic hydroxyl groups is 1. The molecule has 1 atom stereocenters. The van der Waals surface area contributed by atoms with Crippen molar-refractivity contribution in [3.8, 4) is 11.3 Å². The van der Waals surface area contributed by atoms with Gasteiger partial charge in [-0.3, -0.25) is 0 Å². The Labute approximate surface area is 108 Å². The quantitative estimate of drug-likeness (QED) is 0.732. The van der Waals surface area contributed by atoms with E-state index in [0.717, 1.165) is 11.1 Å². The molecule has 6 heteroatoms. The van der Waals surface area contributed by atoms with E-state index in [1.807, 2.05) is 18.2 Å². The van der Waals surface area contributed by atoms with E-state index in [0.29, 0.717) is 17.1 Å². The molecule has 0 spiro atoms. The van der Waals surface area contributed by atoms with Gasteiger partial charge in [0.05, 0.1) is 5.69 Å². The van der Waals surface area contributed by atoms with Crippen molar-refractivity contribution in [3.05, 3.63) is 42.7 Å². The number of benzene rings is 1. The zero-order chi connectivity index (χ0) is 13.2. The number of hydrogen-bond acceptors (Lipinski definition) is 6. The van der Waals surface area contributed by atoms with Gasteiger partial charge in [0.1, 0.15) is 11.6 Å².